The van der Waals surface area contributed by atoms with Crippen LogP contribution in [0.4, 0.5) is 18.9 Å². The fraction of sp³-hybridized carbons (Fsp3) is 0.435. The van der Waals surface area contributed by atoms with Gasteiger partial charge in [-0.05, 0) is 48.6 Å². The van der Waals surface area contributed by atoms with Gasteiger partial charge in [0, 0.05) is 24.6 Å². The van der Waals surface area contributed by atoms with E-state index in [1.807, 2.05) is 6.07 Å². The Morgan fingerprint density at radius 1 is 1.33 bits per heavy atom. The summed E-state index contributed by atoms with van der Waals surface area (Å²) in [6.45, 7) is 11.0. The van der Waals surface area contributed by atoms with Crippen molar-refractivity contribution in [2.45, 2.75) is 25.9 Å². The molecule has 1 aliphatic carbocycles. The zero-order chi connectivity index (χ0) is 22.1. The molecule has 0 saturated carbocycles. The average molecular weight is 421 g/mol. The number of anilines is 1. The Bertz CT molecular complexity index is 896. The number of ketones is 1. The van der Waals surface area contributed by atoms with Crippen molar-refractivity contribution < 1.29 is 27.4 Å². The van der Waals surface area contributed by atoms with Crippen molar-refractivity contribution in [3.05, 3.63) is 59.2 Å². The minimum absolute atomic E-state index is 0.0289. The standard InChI is InChI=1S/C23H26F3NO3/c1-5-14(2)18(15(3)23(24,25)26)11-17-10-16-12-20(27-6-8-30-9-7-27)21(29-4)13-19(16)22(17)28/h5,12-13,17H,1,3,6-11H2,2,4H3/b18-14-. The quantitative estimate of drug-likeness (QED) is 0.613. The van der Waals surface area contributed by atoms with E-state index in [1.54, 1.807) is 20.1 Å². The van der Waals surface area contributed by atoms with E-state index in [9.17, 15) is 18.0 Å². The van der Waals surface area contributed by atoms with Crippen molar-refractivity contribution in [3.63, 3.8) is 0 Å². The number of alkyl halides is 3. The average Bonchev–Trinajstić information content (AvgIpc) is 3.04. The molecule has 2 aliphatic rings. The molecule has 1 unspecified atom stereocenters. The molecule has 1 aromatic carbocycles. The number of carbonyl (C=O) groups excluding carboxylic acids is 1. The first-order valence-corrected chi connectivity index (χ1v) is 9.83. The van der Waals surface area contributed by atoms with Crippen LogP contribution in [0.15, 0.2) is 48.1 Å². The molecule has 1 aliphatic heterocycles. The molecule has 1 fully saturated rings. The second kappa shape index (κ2) is 8.68. The van der Waals surface area contributed by atoms with E-state index in [0.29, 0.717) is 49.6 Å². The smallest absolute Gasteiger partial charge is 0.416 e. The first-order chi connectivity index (χ1) is 14.2. The molecule has 162 valence electrons. The number of morpholine rings is 1. The third kappa shape index (κ3) is 4.31. The third-order valence-electron chi connectivity index (χ3n) is 5.80. The van der Waals surface area contributed by atoms with Crippen molar-refractivity contribution in [2.75, 3.05) is 38.3 Å². The number of nitrogens with zero attached hydrogens (tertiary/aromatic N) is 1. The van der Waals surface area contributed by atoms with Gasteiger partial charge in [0.15, 0.2) is 5.78 Å². The van der Waals surface area contributed by atoms with Gasteiger partial charge in [-0.3, -0.25) is 4.79 Å². The number of methoxy groups -OCH3 is 1. The van der Waals surface area contributed by atoms with Crippen LogP contribution in [0.3, 0.4) is 0 Å². The highest BCUT2D eigenvalue weighted by Crippen LogP contribution is 2.42. The van der Waals surface area contributed by atoms with E-state index < -0.39 is 17.7 Å². The number of rotatable bonds is 6. The summed E-state index contributed by atoms with van der Waals surface area (Å²) in [4.78, 5) is 15.2. The minimum Gasteiger partial charge on any atom is -0.495 e. The van der Waals surface area contributed by atoms with Gasteiger partial charge in [0.05, 0.1) is 31.6 Å². The lowest BCUT2D eigenvalue weighted by Crippen LogP contribution is -2.36. The molecule has 0 N–H and O–H groups in total. The van der Waals surface area contributed by atoms with Gasteiger partial charge >= 0.3 is 6.18 Å². The number of carbonyl (C=O) groups is 1. The lowest BCUT2D eigenvalue weighted by molar-refractivity contribution is -0.0893. The second-order valence-electron chi connectivity index (χ2n) is 7.59. The van der Waals surface area contributed by atoms with Crippen LogP contribution < -0.4 is 9.64 Å². The van der Waals surface area contributed by atoms with Gasteiger partial charge in [0.1, 0.15) is 5.75 Å². The van der Waals surface area contributed by atoms with Gasteiger partial charge in [0.2, 0.25) is 0 Å². The maximum Gasteiger partial charge on any atom is 0.416 e. The molecule has 0 aromatic heterocycles. The number of hydrogen-bond acceptors (Lipinski definition) is 4. The summed E-state index contributed by atoms with van der Waals surface area (Å²) < 4.78 is 50.8. The summed E-state index contributed by atoms with van der Waals surface area (Å²) in [5.74, 6) is -0.155. The minimum atomic E-state index is -4.55. The second-order valence-corrected chi connectivity index (χ2v) is 7.59. The Balaban J connectivity index is 1.91. The molecule has 4 nitrogen and oxygen atoms in total. The Morgan fingerprint density at radius 2 is 2.00 bits per heavy atom. The monoisotopic (exact) mass is 421 g/mol. The number of benzene rings is 1. The van der Waals surface area contributed by atoms with E-state index >= 15 is 0 Å². The highest BCUT2D eigenvalue weighted by Gasteiger charge is 2.38. The largest absolute Gasteiger partial charge is 0.495 e. The van der Waals surface area contributed by atoms with Gasteiger partial charge in [-0.2, -0.15) is 13.2 Å². The van der Waals surface area contributed by atoms with Crippen LogP contribution in [0.25, 0.3) is 0 Å². The van der Waals surface area contributed by atoms with E-state index in [2.05, 4.69) is 18.1 Å². The lowest BCUT2D eigenvalue weighted by Gasteiger charge is -2.30. The van der Waals surface area contributed by atoms with Crippen LogP contribution >= 0.6 is 0 Å². The Kier molecular flexibility index (Phi) is 6.41. The number of hydrogen-bond donors (Lipinski definition) is 0. The fourth-order valence-corrected chi connectivity index (χ4v) is 4.03. The SMILES string of the molecule is C=C/C(C)=C(/CC1Cc2cc(N3CCOCC3)c(OC)cc2C1=O)C(=C)C(F)(F)F. The molecule has 1 aromatic rings. The Labute approximate surface area is 174 Å². The van der Waals surface area contributed by atoms with Crippen LogP contribution in [0, 0.1) is 5.92 Å². The van der Waals surface area contributed by atoms with Gasteiger partial charge in [-0.25, -0.2) is 0 Å². The van der Waals surface area contributed by atoms with Crippen molar-refractivity contribution in [1.82, 2.24) is 0 Å². The molecular formula is C23H26F3NO3. The molecule has 1 atom stereocenters. The normalized spacial score (nSPS) is 20.0. The fourth-order valence-electron chi connectivity index (χ4n) is 4.03. The molecule has 1 saturated heterocycles. The van der Waals surface area contributed by atoms with Crippen LogP contribution in [-0.2, 0) is 11.2 Å². The van der Waals surface area contributed by atoms with E-state index in [-0.39, 0.29) is 17.8 Å². The molecule has 0 radical (unpaired) electrons. The van der Waals surface area contributed by atoms with Crippen LogP contribution in [0.2, 0.25) is 0 Å². The summed E-state index contributed by atoms with van der Waals surface area (Å²) >= 11 is 0. The summed E-state index contributed by atoms with van der Waals surface area (Å²) in [6.07, 6.45) is -2.83. The Morgan fingerprint density at radius 3 is 2.57 bits per heavy atom. The third-order valence-corrected chi connectivity index (χ3v) is 5.80. The number of ether oxygens (including phenoxy) is 2. The highest BCUT2D eigenvalue weighted by atomic mass is 19.4. The predicted octanol–water partition coefficient (Wildman–Crippen LogP) is 4.90. The lowest BCUT2D eigenvalue weighted by atomic mass is 9.89. The van der Waals surface area contributed by atoms with Crippen LogP contribution in [-0.4, -0.2) is 45.4 Å². The molecule has 0 amide bonds. The molecule has 0 bridgehead atoms. The maximum atomic E-state index is 13.3. The zero-order valence-corrected chi connectivity index (χ0v) is 17.3. The number of Topliss-reactive ketones (excluding diaryl/α,β-unsaturated/α-hetero) is 1. The highest BCUT2D eigenvalue weighted by molar-refractivity contribution is 6.03. The van der Waals surface area contributed by atoms with Gasteiger partial charge in [0.25, 0.3) is 0 Å². The van der Waals surface area contributed by atoms with Crippen LogP contribution in [0.5, 0.6) is 5.75 Å². The molecular weight excluding hydrogens is 395 g/mol. The van der Waals surface area contributed by atoms with Crippen molar-refractivity contribution in [2.24, 2.45) is 5.92 Å². The number of fused-ring (bicyclic) bond motifs is 1. The maximum absolute atomic E-state index is 13.3. The van der Waals surface area contributed by atoms with Crippen molar-refractivity contribution >= 4 is 11.5 Å². The van der Waals surface area contributed by atoms with Gasteiger partial charge in [-0.1, -0.05) is 19.2 Å². The van der Waals surface area contributed by atoms with Crippen LogP contribution in [0.1, 0.15) is 29.3 Å². The van der Waals surface area contributed by atoms with E-state index in [1.165, 1.54) is 6.08 Å². The van der Waals surface area contributed by atoms with Gasteiger partial charge < -0.3 is 14.4 Å². The topological polar surface area (TPSA) is 38.8 Å². The molecule has 30 heavy (non-hydrogen) atoms. The first kappa shape index (κ1) is 22.2. The van der Waals surface area contributed by atoms with Gasteiger partial charge in [-0.15, -0.1) is 0 Å². The zero-order valence-electron chi connectivity index (χ0n) is 17.3. The van der Waals surface area contributed by atoms with E-state index in [4.69, 9.17) is 9.47 Å². The van der Waals surface area contributed by atoms with E-state index in [0.717, 1.165) is 11.3 Å². The Hall–Kier alpha value is -2.54. The summed E-state index contributed by atoms with van der Waals surface area (Å²) in [5.41, 5.74) is 1.72. The molecule has 0 spiro atoms. The molecule has 7 heteroatoms. The number of allylic oxidation sites excluding steroid dienone is 4. The molecule has 1 heterocycles. The summed E-state index contributed by atoms with van der Waals surface area (Å²) in [7, 11) is 1.55. The first-order valence-electron chi connectivity index (χ1n) is 9.83. The summed E-state index contributed by atoms with van der Waals surface area (Å²) in [5, 5.41) is 0. The predicted molar refractivity (Wildman–Crippen MR) is 110 cm³/mol. The summed E-state index contributed by atoms with van der Waals surface area (Å²) in [6, 6.07) is 3.64. The molecule has 3 rings (SSSR count). The van der Waals surface area contributed by atoms with Crippen molar-refractivity contribution in [3.8, 4) is 5.75 Å². The number of halogens is 3. The van der Waals surface area contributed by atoms with Crippen molar-refractivity contribution in [1.29, 1.82) is 0 Å².